The van der Waals surface area contributed by atoms with Gasteiger partial charge >= 0.3 is 5.97 Å². The number of carbonyl (C=O) groups is 2. The molecule has 160 valence electrons. The summed E-state index contributed by atoms with van der Waals surface area (Å²) in [6.07, 6.45) is 7.29. The molecule has 30 heavy (non-hydrogen) atoms. The van der Waals surface area contributed by atoms with Crippen molar-refractivity contribution in [3.8, 4) is 0 Å². The maximum atomic E-state index is 12.6. The number of aromatic nitrogens is 3. The molecule has 4 rings (SSSR count). The smallest absolute Gasteiger partial charge is 0.360 e. The Labute approximate surface area is 176 Å². The number of nitrogens with one attached hydrogen (secondary N) is 1. The van der Waals surface area contributed by atoms with E-state index >= 15 is 0 Å². The molecule has 1 fully saturated rings. The second-order valence-corrected chi connectivity index (χ2v) is 8.28. The Hall–Kier alpha value is -2.74. The zero-order valence-corrected chi connectivity index (χ0v) is 17.6. The van der Waals surface area contributed by atoms with E-state index in [1.165, 1.54) is 43.1 Å². The Morgan fingerprint density at radius 3 is 2.87 bits per heavy atom. The number of likely N-dealkylation sites (tertiary alicyclic amines) is 1. The molecule has 2 heterocycles. The molecule has 1 aliphatic heterocycles. The average Bonchev–Trinajstić information content (AvgIpc) is 3.42. The van der Waals surface area contributed by atoms with Crippen LogP contribution < -0.4 is 5.32 Å². The highest BCUT2D eigenvalue weighted by atomic mass is 16.5. The highest BCUT2D eigenvalue weighted by Crippen LogP contribution is 2.25. The van der Waals surface area contributed by atoms with Crippen LogP contribution in [0.4, 0.5) is 0 Å². The zero-order chi connectivity index (χ0) is 21.1. The van der Waals surface area contributed by atoms with E-state index in [1.807, 2.05) is 6.92 Å². The van der Waals surface area contributed by atoms with Crippen molar-refractivity contribution in [2.24, 2.45) is 0 Å². The molecule has 0 spiro atoms. The molecule has 8 heteroatoms. The Kier molecular flexibility index (Phi) is 6.13. The number of ether oxygens (including phenoxy) is 1. The van der Waals surface area contributed by atoms with Gasteiger partial charge in [0.1, 0.15) is 0 Å². The second kappa shape index (κ2) is 8.95. The van der Waals surface area contributed by atoms with Crippen molar-refractivity contribution in [3.05, 3.63) is 46.8 Å². The standard InChI is InChI=1S/C22H29N5O3/c1-15(17-8-7-16-5-3-4-6-18(16)11-17)23-21(28)14-26-10-9-19(12-26)27-13-20(24-25-27)22(29)30-2/h7-8,11,13,15,19H,3-6,9-10,12,14H2,1-2H3,(H,23,28). The molecule has 1 N–H and O–H groups in total. The Morgan fingerprint density at radius 2 is 2.07 bits per heavy atom. The number of hydrogen-bond donors (Lipinski definition) is 1. The number of methoxy groups -OCH3 is 1. The maximum absolute atomic E-state index is 12.6. The fourth-order valence-electron chi connectivity index (χ4n) is 4.42. The molecular formula is C22H29N5O3. The fraction of sp³-hybridized carbons (Fsp3) is 0.545. The second-order valence-electron chi connectivity index (χ2n) is 8.28. The molecule has 0 radical (unpaired) electrons. The van der Waals surface area contributed by atoms with Crippen LogP contribution in [0.25, 0.3) is 0 Å². The number of esters is 1. The van der Waals surface area contributed by atoms with Gasteiger partial charge in [0.25, 0.3) is 0 Å². The van der Waals surface area contributed by atoms with Crippen LogP contribution >= 0.6 is 0 Å². The largest absolute Gasteiger partial charge is 0.464 e. The summed E-state index contributed by atoms with van der Waals surface area (Å²) in [6.45, 7) is 3.90. The van der Waals surface area contributed by atoms with Gasteiger partial charge in [0.2, 0.25) is 5.91 Å². The summed E-state index contributed by atoms with van der Waals surface area (Å²) in [7, 11) is 1.32. The first-order valence-corrected chi connectivity index (χ1v) is 10.7. The van der Waals surface area contributed by atoms with Crippen LogP contribution in [0, 0.1) is 0 Å². The number of benzene rings is 1. The van der Waals surface area contributed by atoms with Crippen molar-refractivity contribution in [3.63, 3.8) is 0 Å². The van der Waals surface area contributed by atoms with E-state index in [2.05, 4.69) is 43.5 Å². The van der Waals surface area contributed by atoms with Crippen LogP contribution in [-0.2, 0) is 22.4 Å². The minimum atomic E-state index is -0.494. The number of fused-ring (bicyclic) bond motifs is 1. The summed E-state index contributed by atoms with van der Waals surface area (Å²) in [6, 6.07) is 6.71. The molecule has 0 saturated carbocycles. The summed E-state index contributed by atoms with van der Waals surface area (Å²) in [5, 5.41) is 11.0. The van der Waals surface area contributed by atoms with E-state index in [-0.39, 0.29) is 23.7 Å². The third kappa shape index (κ3) is 4.53. The first-order valence-electron chi connectivity index (χ1n) is 10.7. The van der Waals surface area contributed by atoms with Gasteiger partial charge in [-0.2, -0.15) is 0 Å². The maximum Gasteiger partial charge on any atom is 0.360 e. The molecule has 2 aliphatic rings. The van der Waals surface area contributed by atoms with Crippen molar-refractivity contribution < 1.29 is 14.3 Å². The first-order chi connectivity index (χ1) is 14.5. The van der Waals surface area contributed by atoms with Gasteiger partial charge in [-0.3, -0.25) is 9.69 Å². The summed E-state index contributed by atoms with van der Waals surface area (Å²) < 4.78 is 6.37. The normalized spacial score (nSPS) is 19.9. The van der Waals surface area contributed by atoms with E-state index in [1.54, 1.807) is 10.9 Å². The van der Waals surface area contributed by atoms with Crippen LogP contribution in [0.3, 0.4) is 0 Å². The molecule has 1 saturated heterocycles. The predicted octanol–water partition coefficient (Wildman–Crippen LogP) is 2.07. The van der Waals surface area contributed by atoms with E-state index in [4.69, 9.17) is 0 Å². The van der Waals surface area contributed by atoms with Gasteiger partial charge < -0.3 is 10.1 Å². The zero-order valence-electron chi connectivity index (χ0n) is 17.6. The van der Waals surface area contributed by atoms with Crippen LogP contribution in [-0.4, -0.2) is 58.5 Å². The van der Waals surface area contributed by atoms with Gasteiger partial charge in [-0.15, -0.1) is 5.10 Å². The number of carbonyl (C=O) groups excluding carboxylic acids is 2. The molecule has 2 unspecified atom stereocenters. The quantitative estimate of drug-likeness (QED) is 0.732. The van der Waals surface area contributed by atoms with Crippen LogP contribution in [0.5, 0.6) is 0 Å². The highest BCUT2D eigenvalue weighted by molar-refractivity contribution is 5.86. The van der Waals surface area contributed by atoms with E-state index in [0.717, 1.165) is 19.4 Å². The Balaban J connectivity index is 1.29. The lowest BCUT2D eigenvalue weighted by Crippen LogP contribution is -2.37. The monoisotopic (exact) mass is 411 g/mol. The van der Waals surface area contributed by atoms with E-state index < -0.39 is 5.97 Å². The van der Waals surface area contributed by atoms with E-state index in [9.17, 15) is 9.59 Å². The van der Waals surface area contributed by atoms with Gasteiger partial charge in [0.15, 0.2) is 5.69 Å². The van der Waals surface area contributed by atoms with Gasteiger partial charge in [-0.05, 0) is 55.7 Å². The van der Waals surface area contributed by atoms with Crippen molar-refractivity contribution in [1.29, 1.82) is 0 Å². The minimum absolute atomic E-state index is 0.0129. The van der Waals surface area contributed by atoms with Crippen molar-refractivity contribution >= 4 is 11.9 Å². The summed E-state index contributed by atoms with van der Waals surface area (Å²) in [5.41, 5.74) is 4.25. The number of rotatable bonds is 6. The summed E-state index contributed by atoms with van der Waals surface area (Å²) in [5.74, 6) is -0.471. The molecule has 1 aromatic heterocycles. The molecular weight excluding hydrogens is 382 g/mol. The topological polar surface area (TPSA) is 89.4 Å². The van der Waals surface area contributed by atoms with Crippen LogP contribution in [0.1, 0.15) is 65.4 Å². The Morgan fingerprint density at radius 1 is 1.27 bits per heavy atom. The summed E-state index contributed by atoms with van der Waals surface area (Å²) >= 11 is 0. The summed E-state index contributed by atoms with van der Waals surface area (Å²) in [4.78, 5) is 26.3. The third-order valence-electron chi connectivity index (χ3n) is 6.14. The predicted molar refractivity (Wildman–Crippen MR) is 111 cm³/mol. The number of amides is 1. The third-order valence-corrected chi connectivity index (χ3v) is 6.14. The molecule has 2 atom stereocenters. The first kappa shape index (κ1) is 20.5. The van der Waals surface area contributed by atoms with Gasteiger partial charge in [0, 0.05) is 13.1 Å². The lowest BCUT2D eigenvalue weighted by molar-refractivity contribution is -0.122. The Bertz CT molecular complexity index is 925. The lowest BCUT2D eigenvalue weighted by Gasteiger charge is -2.21. The number of aryl methyl sites for hydroxylation is 2. The molecule has 2 aromatic rings. The van der Waals surface area contributed by atoms with Gasteiger partial charge in [0.05, 0.1) is 31.9 Å². The molecule has 1 aliphatic carbocycles. The average molecular weight is 412 g/mol. The number of hydrogen-bond acceptors (Lipinski definition) is 6. The minimum Gasteiger partial charge on any atom is -0.464 e. The van der Waals surface area contributed by atoms with Crippen LogP contribution in [0.15, 0.2) is 24.4 Å². The van der Waals surface area contributed by atoms with Gasteiger partial charge in [-0.25, -0.2) is 9.48 Å². The lowest BCUT2D eigenvalue weighted by atomic mass is 9.89. The molecule has 1 amide bonds. The molecule has 0 bridgehead atoms. The van der Waals surface area contributed by atoms with Crippen molar-refractivity contribution in [2.45, 2.75) is 51.1 Å². The van der Waals surface area contributed by atoms with Crippen molar-refractivity contribution in [1.82, 2.24) is 25.2 Å². The SMILES string of the molecule is COC(=O)c1cn(C2CCN(CC(=O)NC(C)c3ccc4c(c3)CCCC4)C2)nn1. The molecule has 8 nitrogen and oxygen atoms in total. The van der Waals surface area contributed by atoms with Crippen molar-refractivity contribution in [2.75, 3.05) is 26.7 Å². The van der Waals surface area contributed by atoms with Gasteiger partial charge in [-0.1, -0.05) is 23.4 Å². The number of nitrogens with zero attached hydrogens (tertiary/aromatic N) is 4. The van der Waals surface area contributed by atoms with Crippen LogP contribution in [0.2, 0.25) is 0 Å². The molecule has 1 aromatic carbocycles. The van der Waals surface area contributed by atoms with E-state index in [0.29, 0.717) is 13.1 Å². The highest BCUT2D eigenvalue weighted by Gasteiger charge is 2.27. The fourth-order valence-corrected chi connectivity index (χ4v) is 4.42.